The van der Waals surface area contributed by atoms with Gasteiger partial charge in [-0.1, -0.05) is 18.2 Å². The highest BCUT2D eigenvalue weighted by Gasteiger charge is 2.67. The molecule has 18 heteroatoms. The minimum atomic E-state index is -2.46. The number of nitrogens with zero attached hydrogens (tertiary/aromatic N) is 6. The van der Waals surface area contributed by atoms with Gasteiger partial charge in [-0.25, -0.2) is 29.6 Å². The normalized spacial score (nSPS) is 16.9. The predicted octanol–water partition coefficient (Wildman–Crippen LogP) is 5.67. The van der Waals surface area contributed by atoms with Crippen LogP contribution in [0.25, 0.3) is 0 Å². The molecule has 0 aliphatic carbocycles. The molecule has 1 atom stereocenters. The van der Waals surface area contributed by atoms with Crippen LogP contribution < -0.4 is 15.2 Å². The average molecular weight is 728 g/mol. The molecule has 2 aliphatic heterocycles. The lowest BCUT2D eigenvalue weighted by atomic mass is 9.96. The van der Waals surface area contributed by atoms with Crippen molar-refractivity contribution >= 4 is 58.8 Å². The van der Waals surface area contributed by atoms with Crippen LogP contribution in [0.4, 0.5) is 24.9 Å². The molecule has 1 unspecified atom stereocenters. The molecule has 0 aromatic heterocycles. The Morgan fingerprint density at radius 2 is 1.35 bits per heavy atom. The number of anilines is 1. The minimum absolute atomic E-state index is 0.0962. The Morgan fingerprint density at radius 3 is 1.90 bits per heavy atom. The first-order valence-electron chi connectivity index (χ1n) is 16.0. The largest absolute Gasteiger partial charge is 0.497 e. The lowest BCUT2D eigenvalue weighted by Crippen LogP contribution is -2.64. The summed E-state index contributed by atoms with van der Waals surface area (Å²) in [7, 11) is 1.48. The van der Waals surface area contributed by atoms with Crippen molar-refractivity contribution in [1.82, 2.24) is 19.9 Å². The van der Waals surface area contributed by atoms with E-state index in [9.17, 15) is 24.0 Å². The van der Waals surface area contributed by atoms with Crippen LogP contribution in [0.3, 0.4) is 0 Å². The summed E-state index contributed by atoms with van der Waals surface area (Å²) in [6.45, 7) is 12.7. The molecule has 274 valence electrons. The van der Waals surface area contributed by atoms with Gasteiger partial charge < -0.3 is 23.7 Å². The molecule has 4 rings (SSSR count). The van der Waals surface area contributed by atoms with Gasteiger partial charge >= 0.3 is 30.3 Å². The zero-order chi connectivity index (χ0) is 37.6. The molecule has 2 aliphatic rings. The van der Waals surface area contributed by atoms with Gasteiger partial charge in [0.2, 0.25) is 5.17 Å². The number of nitrogens with one attached hydrogen (secondary N) is 1. The van der Waals surface area contributed by atoms with Crippen molar-refractivity contribution in [2.75, 3.05) is 12.1 Å². The third-order valence-electron chi connectivity index (χ3n) is 6.56. The van der Waals surface area contributed by atoms with Gasteiger partial charge in [0.05, 0.1) is 49.2 Å². The second kappa shape index (κ2) is 16.0. The second-order valence-electron chi connectivity index (χ2n) is 12.1. The highest BCUT2D eigenvalue weighted by molar-refractivity contribution is 8.12. The number of amides is 5. The number of hydrazone groups is 1. The fourth-order valence-corrected chi connectivity index (χ4v) is 5.47. The summed E-state index contributed by atoms with van der Waals surface area (Å²) >= 11 is 0.351. The SMILES string of the molecule is COc1ccc(C2=NN(c3ccccc3)C(=O)C23N=C(SN(NC(=O)OC(C)C)C(=O)OC(C)C)N(C(=O)OC(C)C)N3C(=O)OC(C)C)cc1. The Bertz CT molecular complexity index is 1680. The first-order valence-corrected chi connectivity index (χ1v) is 16.8. The molecule has 51 heavy (non-hydrogen) atoms. The molecule has 1 spiro atoms. The van der Waals surface area contributed by atoms with Crippen molar-refractivity contribution < 1.29 is 47.7 Å². The van der Waals surface area contributed by atoms with Crippen molar-refractivity contribution in [3.63, 3.8) is 0 Å². The van der Waals surface area contributed by atoms with Crippen LogP contribution >= 0.6 is 11.9 Å². The van der Waals surface area contributed by atoms with Crippen LogP contribution in [0.5, 0.6) is 5.75 Å². The second-order valence-corrected chi connectivity index (χ2v) is 13.0. The summed E-state index contributed by atoms with van der Waals surface area (Å²) in [6.07, 6.45) is -7.18. The summed E-state index contributed by atoms with van der Waals surface area (Å²) < 4.78 is 27.5. The van der Waals surface area contributed by atoms with Crippen LogP contribution in [0.1, 0.15) is 61.0 Å². The molecule has 0 bridgehead atoms. The summed E-state index contributed by atoms with van der Waals surface area (Å²) in [6, 6.07) is 14.8. The predicted molar refractivity (Wildman–Crippen MR) is 186 cm³/mol. The van der Waals surface area contributed by atoms with Crippen molar-refractivity contribution in [1.29, 1.82) is 0 Å². The lowest BCUT2D eigenvalue weighted by Gasteiger charge is -2.35. The van der Waals surface area contributed by atoms with Gasteiger partial charge in [0, 0.05) is 5.56 Å². The lowest BCUT2D eigenvalue weighted by molar-refractivity contribution is -0.128. The highest BCUT2D eigenvalue weighted by atomic mass is 32.2. The van der Waals surface area contributed by atoms with Crippen molar-refractivity contribution in [2.45, 2.75) is 85.5 Å². The van der Waals surface area contributed by atoms with E-state index in [4.69, 9.17) is 28.7 Å². The number of rotatable bonds is 7. The number of ether oxygens (including phenoxy) is 5. The van der Waals surface area contributed by atoms with E-state index in [1.807, 2.05) is 0 Å². The molecule has 0 radical (unpaired) electrons. The standard InChI is InChI=1S/C33H41N7O10S/c1-19(2)47-29(42)36-40(32(45)50-22(7)8)51-28-34-33(39(31(44)49-21(5)6)38(28)30(43)48-20(3)4)26(23-15-17-25(46-9)18-16-23)35-37(27(33)41)24-13-11-10-12-14-24/h10-22H,1-9H3,(H,36,42). The zero-order valence-electron chi connectivity index (χ0n) is 29.7. The van der Waals surface area contributed by atoms with E-state index in [0.717, 1.165) is 5.01 Å². The van der Waals surface area contributed by atoms with Crippen LogP contribution in [0.2, 0.25) is 0 Å². The Hall–Kier alpha value is -5.52. The molecule has 5 amide bonds. The molecule has 0 saturated heterocycles. The van der Waals surface area contributed by atoms with Crippen LogP contribution in [0, 0.1) is 0 Å². The van der Waals surface area contributed by atoms with Crippen LogP contribution in [-0.4, -0.2) is 92.8 Å². The molecule has 17 nitrogen and oxygen atoms in total. The molecule has 0 saturated carbocycles. The quantitative estimate of drug-likeness (QED) is 0.211. The van der Waals surface area contributed by atoms with Gasteiger partial charge in [-0.05, 0) is 91.8 Å². The summed E-state index contributed by atoms with van der Waals surface area (Å²) in [5.41, 5.74) is 0.337. The van der Waals surface area contributed by atoms with Gasteiger partial charge in [-0.15, -0.1) is 4.41 Å². The van der Waals surface area contributed by atoms with Crippen LogP contribution in [-0.2, 0) is 23.7 Å². The summed E-state index contributed by atoms with van der Waals surface area (Å²) in [5, 5.41) is 6.57. The minimum Gasteiger partial charge on any atom is -0.497 e. The third-order valence-corrected chi connectivity index (χ3v) is 7.41. The summed E-state index contributed by atoms with van der Waals surface area (Å²) in [5.74, 6) is -0.401. The highest BCUT2D eigenvalue weighted by Crippen LogP contribution is 2.43. The first kappa shape index (κ1) is 38.3. The fraction of sp³-hybridized carbons (Fsp3) is 0.424. The maximum atomic E-state index is 14.9. The monoisotopic (exact) mass is 727 g/mol. The maximum absolute atomic E-state index is 14.9. The first-order chi connectivity index (χ1) is 24.1. The molecule has 2 aromatic rings. The smallest absolute Gasteiger partial charge is 0.440 e. The number of carbonyl (C=O) groups is 5. The molecular formula is C33H41N7O10S. The molecule has 2 aromatic carbocycles. The number of carbonyl (C=O) groups excluding carboxylic acids is 5. The van der Waals surface area contributed by atoms with E-state index in [1.54, 1.807) is 110 Å². The number of para-hydroxylation sites is 1. The zero-order valence-corrected chi connectivity index (χ0v) is 30.5. The number of benzene rings is 2. The Kier molecular flexibility index (Phi) is 12.0. The number of aliphatic imine (C=N–C) groups is 1. The van der Waals surface area contributed by atoms with E-state index < -0.39 is 65.5 Å². The summed E-state index contributed by atoms with van der Waals surface area (Å²) in [4.78, 5) is 73.9. The van der Waals surface area contributed by atoms with E-state index in [1.165, 1.54) is 7.11 Å². The van der Waals surface area contributed by atoms with Gasteiger partial charge in [0.25, 0.3) is 5.66 Å². The molecular weight excluding hydrogens is 686 g/mol. The third kappa shape index (κ3) is 8.45. The molecule has 0 fully saturated rings. The van der Waals surface area contributed by atoms with Gasteiger partial charge in [-0.3, -0.25) is 4.79 Å². The molecule has 1 N–H and O–H groups in total. The van der Waals surface area contributed by atoms with Crippen molar-refractivity contribution in [3.05, 3.63) is 60.2 Å². The van der Waals surface area contributed by atoms with E-state index in [2.05, 4.69) is 10.5 Å². The number of methoxy groups -OCH3 is 1. The van der Waals surface area contributed by atoms with E-state index in [0.29, 0.717) is 43.4 Å². The van der Waals surface area contributed by atoms with Crippen LogP contribution in [0.15, 0.2) is 64.7 Å². The van der Waals surface area contributed by atoms with Crippen molar-refractivity contribution in [2.24, 2.45) is 10.1 Å². The maximum Gasteiger partial charge on any atom is 0.440 e. The average Bonchev–Trinajstić information content (AvgIpc) is 3.54. The molecule has 2 heterocycles. The number of hydrogen-bond donors (Lipinski definition) is 1. The van der Waals surface area contributed by atoms with Gasteiger partial charge in [0.1, 0.15) is 11.5 Å². The topological polar surface area (TPSA) is 181 Å². The van der Waals surface area contributed by atoms with Crippen molar-refractivity contribution in [3.8, 4) is 5.75 Å². The Labute approximate surface area is 299 Å². The van der Waals surface area contributed by atoms with E-state index >= 15 is 0 Å². The Balaban J connectivity index is 2.01. The number of amidine groups is 1. The fourth-order valence-electron chi connectivity index (χ4n) is 4.67. The van der Waals surface area contributed by atoms with E-state index in [-0.39, 0.29) is 5.71 Å². The van der Waals surface area contributed by atoms with Gasteiger partial charge in [-0.2, -0.15) is 20.1 Å². The number of hydrogen-bond acceptors (Lipinski definition) is 13. The van der Waals surface area contributed by atoms with Gasteiger partial charge in [0.15, 0.2) is 0 Å². The number of hydrazine groups is 2. The Morgan fingerprint density at radius 1 is 0.784 bits per heavy atom.